The van der Waals surface area contributed by atoms with Crippen molar-refractivity contribution in [3.05, 3.63) is 29.8 Å². The zero-order valence-corrected chi connectivity index (χ0v) is 14.0. The van der Waals surface area contributed by atoms with E-state index in [-0.39, 0.29) is 16.2 Å². The van der Waals surface area contributed by atoms with Crippen molar-refractivity contribution in [2.45, 2.75) is 24.7 Å². The maximum Gasteiger partial charge on any atom is 0.257 e. The van der Waals surface area contributed by atoms with Crippen molar-refractivity contribution in [2.24, 2.45) is 5.73 Å². The van der Waals surface area contributed by atoms with Gasteiger partial charge in [-0.15, -0.1) is 4.13 Å². The molecule has 0 aliphatic rings. The van der Waals surface area contributed by atoms with Gasteiger partial charge in [0.05, 0.1) is 10.6 Å². The van der Waals surface area contributed by atoms with Crippen LogP contribution in [0.4, 0.5) is 0 Å². The number of benzene rings is 1. The minimum Gasteiger partial charge on any atom is -0.370 e. The fourth-order valence-electron chi connectivity index (χ4n) is 1.57. The molecule has 0 fully saturated rings. The molecule has 0 aliphatic heterocycles. The van der Waals surface area contributed by atoms with E-state index >= 15 is 0 Å². The lowest BCUT2D eigenvalue weighted by molar-refractivity contribution is 0.0976. The standard InChI is InChI=1S/C12H18N4O5S2/c1-2-3-8-22(18,19)16-23(20,21)10-6-4-9(5-7-10)11(17)15-12(13)14/h4-7,16H,2-3,8H2,1H3,(H4,13,14,15,17). The van der Waals surface area contributed by atoms with Crippen LogP contribution < -0.4 is 15.2 Å². The summed E-state index contributed by atoms with van der Waals surface area (Å²) in [7, 11) is -8.20. The quantitative estimate of drug-likeness (QED) is 0.385. The molecule has 0 aliphatic carbocycles. The zero-order valence-electron chi connectivity index (χ0n) is 12.4. The average molecular weight is 362 g/mol. The third-order valence-corrected chi connectivity index (χ3v) is 6.29. The van der Waals surface area contributed by atoms with Crippen LogP contribution in [0.5, 0.6) is 0 Å². The van der Waals surface area contributed by atoms with Gasteiger partial charge in [0.2, 0.25) is 10.0 Å². The second-order valence-electron chi connectivity index (χ2n) is 4.65. The van der Waals surface area contributed by atoms with Crippen molar-refractivity contribution in [3.8, 4) is 0 Å². The van der Waals surface area contributed by atoms with Gasteiger partial charge in [-0.05, 0) is 30.7 Å². The summed E-state index contributed by atoms with van der Waals surface area (Å²) in [5.41, 5.74) is 5.09. The van der Waals surface area contributed by atoms with Gasteiger partial charge in [0.25, 0.3) is 15.9 Å². The number of sulfonamides is 2. The van der Waals surface area contributed by atoms with Gasteiger partial charge in [-0.2, -0.15) is 0 Å². The minimum atomic E-state index is -4.25. The molecule has 1 aromatic rings. The van der Waals surface area contributed by atoms with E-state index in [0.29, 0.717) is 12.8 Å². The third kappa shape index (κ3) is 5.96. The molecule has 1 amide bonds. The van der Waals surface area contributed by atoms with Crippen LogP contribution in [0, 0.1) is 5.41 Å². The largest absolute Gasteiger partial charge is 0.370 e. The molecular formula is C12H18N4O5S2. The molecule has 23 heavy (non-hydrogen) atoms. The van der Waals surface area contributed by atoms with Gasteiger partial charge >= 0.3 is 0 Å². The molecule has 0 unspecified atom stereocenters. The Morgan fingerprint density at radius 2 is 1.74 bits per heavy atom. The first kappa shape index (κ1) is 19.1. The van der Waals surface area contributed by atoms with E-state index in [1.165, 1.54) is 12.1 Å². The number of unbranched alkanes of at least 4 members (excludes halogenated alkanes) is 1. The minimum absolute atomic E-state index is 0.0768. The maximum absolute atomic E-state index is 12.0. The first-order valence-electron chi connectivity index (χ1n) is 6.59. The van der Waals surface area contributed by atoms with E-state index in [1.54, 1.807) is 11.1 Å². The van der Waals surface area contributed by atoms with E-state index in [9.17, 15) is 21.6 Å². The number of nitrogens with one attached hydrogen (secondary N) is 3. The first-order valence-corrected chi connectivity index (χ1v) is 9.72. The summed E-state index contributed by atoms with van der Waals surface area (Å²) in [6.07, 6.45) is 0.954. The van der Waals surface area contributed by atoms with Crippen LogP contribution in [-0.2, 0) is 20.0 Å². The van der Waals surface area contributed by atoms with Crippen molar-refractivity contribution >= 4 is 31.9 Å². The van der Waals surface area contributed by atoms with Crippen LogP contribution in [-0.4, -0.2) is 34.5 Å². The van der Waals surface area contributed by atoms with Crippen LogP contribution >= 0.6 is 0 Å². The number of rotatable bonds is 7. The molecule has 1 aromatic carbocycles. The molecule has 11 heteroatoms. The summed E-state index contributed by atoms with van der Waals surface area (Å²) in [4.78, 5) is 11.3. The van der Waals surface area contributed by atoms with E-state index in [2.05, 4.69) is 0 Å². The molecule has 0 spiro atoms. The highest BCUT2D eigenvalue weighted by molar-refractivity contribution is 8.04. The number of guanidine groups is 1. The highest BCUT2D eigenvalue weighted by Gasteiger charge is 2.22. The normalized spacial score (nSPS) is 11.9. The molecule has 0 heterocycles. The Bertz CT molecular complexity index is 785. The second kappa shape index (κ2) is 7.53. The lowest BCUT2D eigenvalue weighted by Gasteiger charge is -2.08. The topological polar surface area (TPSA) is 159 Å². The summed E-state index contributed by atoms with van der Waals surface area (Å²) in [6.45, 7) is 1.79. The van der Waals surface area contributed by atoms with Gasteiger partial charge in [0.15, 0.2) is 5.96 Å². The Hall–Kier alpha value is -1.98. The lowest BCUT2D eigenvalue weighted by Crippen LogP contribution is -2.35. The SMILES string of the molecule is CCCCS(=O)(=O)NS(=O)(=O)c1ccc(C(=O)NC(=N)N)cc1. The van der Waals surface area contributed by atoms with Gasteiger partial charge in [-0.25, -0.2) is 16.8 Å². The number of carbonyl (C=O) groups excluding carboxylic acids is 1. The predicted molar refractivity (Wildman–Crippen MR) is 84.8 cm³/mol. The predicted octanol–water partition coefficient (Wildman–Crippen LogP) is -0.282. The van der Waals surface area contributed by atoms with Crippen molar-refractivity contribution in [2.75, 3.05) is 5.75 Å². The van der Waals surface area contributed by atoms with Gasteiger partial charge in [0.1, 0.15) is 0 Å². The fraction of sp³-hybridized carbons (Fsp3) is 0.333. The van der Waals surface area contributed by atoms with Crippen LogP contribution in [0.1, 0.15) is 30.1 Å². The molecule has 9 nitrogen and oxygen atoms in total. The molecule has 5 N–H and O–H groups in total. The van der Waals surface area contributed by atoms with Crippen LogP contribution in [0.2, 0.25) is 0 Å². The molecule has 0 radical (unpaired) electrons. The number of carbonyl (C=O) groups is 1. The number of hydrogen-bond acceptors (Lipinski definition) is 6. The Labute approximate surface area is 134 Å². The molecule has 128 valence electrons. The Morgan fingerprint density at radius 1 is 1.17 bits per heavy atom. The molecule has 0 saturated heterocycles. The highest BCUT2D eigenvalue weighted by atomic mass is 32.3. The summed E-state index contributed by atoms with van der Waals surface area (Å²) in [5, 5.41) is 8.98. The zero-order chi connectivity index (χ0) is 17.7. The monoisotopic (exact) mass is 362 g/mol. The number of hydrogen-bond donors (Lipinski definition) is 4. The van der Waals surface area contributed by atoms with Gasteiger partial charge in [-0.3, -0.25) is 15.5 Å². The number of amides is 1. The van der Waals surface area contributed by atoms with Crippen LogP contribution in [0.15, 0.2) is 29.2 Å². The van der Waals surface area contributed by atoms with E-state index in [4.69, 9.17) is 11.1 Å². The Kier molecular flexibility index (Phi) is 6.24. The first-order chi connectivity index (χ1) is 10.6. The molecule has 1 rings (SSSR count). The van der Waals surface area contributed by atoms with E-state index < -0.39 is 31.9 Å². The van der Waals surface area contributed by atoms with Crippen LogP contribution in [0.3, 0.4) is 0 Å². The fourth-order valence-corrected chi connectivity index (χ4v) is 4.79. The average Bonchev–Trinajstić information content (AvgIpc) is 2.43. The smallest absolute Gasteiger partial charge is 0.257 e. The second-order valence-corrected chi connectivity index (χ2v) is 8.43. The highest BCUT2D eigenvalue weighted by Crippen LogP contribution is 2.12. The van der Waals surface area contributed by atoms with Gasteiger partial charge < -0.3 is 5.73 Å². The van der Waals surface area contributed by atoms with Crippen molar-refractivity contribution < 1.29 is 21.6 Å². The third-order valence-electron chi connectivity index (χ3n) is 2.68. The molecular weight excluding hydrogens is 344 g/mol. The summed E-state index contributed by atoms with van der Waals surface area (Å²) in [5.74, 6) is -1.51. The van der Waals surface area contributed by atoms with E-state index in [0.717, 1.165) is 12.1 Å². The van der Waals surface area contributed by atoms with Crippen molar-refractivity contribution in [1.82, 2.24) is 9.44 Å². The summed E-state index contributed by atoms with van der Waals surface area (Å²) < 4.78 is 49.1. The Morgan fingerprint density at radius 3 is 2.22 bits per heavy atom. The summed E-state index contributed by atoms with van der Waals surface area (Å²) >= 11 is 0. The van der Waals surface area contributed by atoms with Gasteiger partial charge in [-0.1, -0.05) is 13.3 Å². The van der Waals surface area contributed by atoms with Gasteiger partial charge in [0, 0.05) is 5.56 Å². The van der Waals surface area contributed by atoms with Crippen molar-refractivity contribution in [1.29, 1.82) is 5.41 Å². The lowest BCUT2D eigenvalue weighted by atomic mass is 10.2. The molecule has 0 atom stereocenters. The molecule has 0 aromatic heterocycles. The Balaban J connectivity index is 2.94. The summed E-state index contributed by atoms with van der Waals surface area (Å²) in [6, 6.07) is 4.55. The molecule has 0 bridgehead atoms. The molecule has 0 saturated carbocycles. The van der Waals surface area contributed by atoms with Crippen LogP contribution in [0.25, 0.3) is 0 Å². The van der Waals surface area contributed by atoms with Crippen molar-refractivity contribution in [3.63, 3.8) is 0 Å². The maximum atomic E-state index is 12.0. The van der Waals surface area contributed by atoms with E-state index in [1.807, 2.05) is 5.32 Å². The number of nitrogens with two attached hydrogens (primary N) is 1.